The Morgan fingerprint density at radius 1 is 0.893 bits per heavy atom. The monoisotopic (exact) mass is 382 g/mol. The Labute approximate surface area is 167 Å². The standard InChI is InChI=1S/C22H30N4O2/c1-15-11-17(3)24-21(12-15)19(5)26-28-14-22(6,7)13-27-25-18(4)20-10-8-9-16(2)23-20/h8-12,25-26H,4-5,13-14H2,1-3,6-7H3. The van der Waals surface area contributed by atoms with Gasteiger partial charge in [-0.2, -0.15) is 0 Å². The van der Waals surface area contributed by atoms with E-state index in [1.54, 1.807) is 0 Å². The van der Waals surface area contributed by atoms with E-state index < -0.39 is 0 Å². The van der Waals surface area contributed by atoms with E-state index >= 15 is 0 Å². The quantitative estimate of drug-likeness (QED) is 0.603. The molecule has 0 amide bonds. The molecule has 6 heteroatoms. The second-order valence-electron chi connectivity index (χ2n) is 7.74. The van der Waals surface area contributed by atoms with Crippen molar-refractivity contribution < 1.29 is 9.68 Å². The van der Waals surface area contributed by atoms with Crippen molar-refractivity contribution in [2.24, 2.45) is 5.41 Å². The summed E-state index contributed by atoms with van der Waals surface area (Å²) in [4.78, 5) is 20.1. The first-order valence-corrected chi connectivity index (χ1v) is 9.19. The fourth-order valence-corrected chi connectivity index (χ4v) is 2.49. The molecule has 0 aliphatic rings. The first kappa shape index (κ1) is 21.6. The summed E-state index contributed by atoms with van der Waals surface area (Å²) in [6.07, 6.45) is 0. The van der Waals surface area contributed by atoms with Crippen LogP contribution in [0.3, 0.4) is 0 Å². The number of rotatable bonds is 10. The van der Waals surface area contributed by atoms with Crippen molar-refractivity contribution in [2.75, 3.05) is 13.2 Å². The molecular weight excluding hydrogens is 352 g/mol. The highest BCUT2D eigenvalue weighted by molar-refractivity contribution is 5.58. The van der Waals surface area contributed by atoms with Crippen molar-refractivity contribution in [1.29, 1.82) is 0 Å². The van der Waals surface area contributed by atoms with Gasteiger partial charge in [0.2, 0.25) is 0 Å². The van der Waals surface area contributed by atoms with Crippen LogP contribution in [0.1, 0.15) is 42.2 Å². The minimum absolute atomic E-state index is 0.240. The van der Waals surface area contributed by atoms with Crippen LogP contribution < -0.4 is 11.0 Å². The molecule has 0 saturated heterocycles. The van der Waals surface area contributed by atoms with E-state index in [1.807, 2.05) is 65.0 Å². The molecule has 0 spiro atoms. The summed E-state index contributed by atoms with van der Waals surface area (Å²) in [5.74, 6) is 0. The fraction of sp³-hybridized carbons (Fsp3) is 0.364. The summed E-state index contributed by atoms with van der Waals surface area (Å²) < 4.78 is 0. The molecule has 0 aliphatic heterocycles. The number of hydrogen-bond donors (Lipinski definition) is 2. The maximum atomic E-state index is 5.62. The van der Waals surface area contributed by atoms with Crippen LogP contribution in [0.25, 0.3) is 11.4 Å². The fourth-order valence-electron chi connectivity index (χ4n) is 2.49. The molecule has 2 rings (SSSR count). The van der Waals surface area contributed by atoms with Gasteiger partial charge in [0.25, 0.3) is 0 Å². The summed E-state index contributed by atoms with van der Waals surface area (Å²) in [7, 11) is 0. The van der Waals surface area contributed by atoms with Crippen LogP contribution in [0.15, 0.2) is 43.5 Å². The third kappa shape index (κ3) is 6.79. The normalized spacial score (nSPS) is 11.2. The van der Waals surface area contributed by atoms with Crippen molar-refractivity contribution in [2.45, 2.75) is 34.6 Å². The van der Waals surface area contributed by atoms with Gasteiger partial charge in [0.05, 0.1) is 36.0 Å². The smallest absolute Gasteiger partial charge is 0.0883 e. The van der Waals surface area contributed by atoms with Gasteiger partial charge in [-0.15, -0.1) is 0 Å². The van der Waals surface area contributed by atoms with Gasteiger partial charge >= 0.3 is 0 Å². The molecule has 6 nitrogen and oxygen atoms in total. The molecule has 0 saturated carbocycles. The Balaban J connectivity index is 1.75. The van der Waals surface area contributed by atoms with E-state index in [-0.39, 0.29) is 5.41 Å². The molecule has 0 bridgehead atoms. The first-order chi connectivity index (χ1) is 13.2. The van der Waals surface area contributed by atoms with Crippen molar-refractivity contribution in [3.63, 3.8) is 0 Å². The zero-order valence-electron chi connectivity index (χ0n) is 17.4. The molecule has 0 fully saturated rings. The van der Waals surface area contributed by atoms with Gasteiger partial charge in [0.1, 0.15) is 0 Å². The van der Waals surface area contributed by atoms with E-state index in [0.29, 0.717) is 24.6 Å². The van der Waals surface area contributed by atoms with Crippen LogP contribution in [0.4, 0.5) is 0 Å². The van der Waals surface area contributed by atoms with E-state index in [4.69, 9.17) is 9.68 Å². The summed E-state index contributed by atoms with van der Waals surface area (Å²) >= 11 is 0. The first-order valence-electron chi connectivity index (χ1n) is 9.19. The van der Waals surface area contributed by atoms with E-state index in [0.717, 1.165) is 28.3 Å². The van der Waals surface area contributed by atoms with Gasteiger partial charge in [0.15, 0.2) is 0 Å². The van der Waals surface area contributed by atoms with Crippen molar-refractivity contribution >= 4 is 11.4 Å². The molecule has 2 heterocycles. The number of nitrogens with zero attached hydrogens (tertiary/aromatic N) is 2. The number of hydroxylamine groups is 2. The lowest BCUT2D eigenvalue weighted by Gasteiger charge is -2.24. The molecule has 150 valence electrons. The molecular formula is C22H30N4O2. The molecule has 0 atom stereocenters. The number of pyridine rings is 2. The molecule has 2 aromatic heterocycles. The van der Waals surface area contributed by atoms with Crippen LogP contribution in [-0.4, -0.2) is 23.2 Å². The summed E-state index contributed by atoms with van der Waals surface area (Å²) in [6.45, 7) is 18.8. The summed E-state index contributed by atoms with van der Waals surface area (Å²) in [6, 6.07) is 9.74. The van der Waals surface area contributed by atoms with Crippen molar-refractivity contribution in [3.05, 3.63) is 71.8 Å². The molecule has 28 heavy (non-hydrogen) atoms. The zero-order chi connectivity index (χ0) is 20.7. The van der Waals surface area contributed by atoms with Gasteiger partial charge in [-0.1, -0.05) is 33.1 Å². The molecule has 2 aromatic rings. The Morgan fingerprint density at radius 3 is 2.04 bits per heavy atom. The maximum Gasteiger partial charge on any atom is 0.0883 e. The third-order valence-corrected chi connectivity index (χ3v) is 3.92. The van der Waals surface area contributed by atoms with Crippen LogP contribution >= 0.6 is 0 Å². The molecule has 0 unspecified atom stereocenters. The average molecular weight is 383 g/mol. The largest absolute Gasteiger partial charge is 0.275 e. The Morgan fingerprint density at radius 2 is 1.46 bits per heavy atom. The van der Waals surface area contributed by atoms with Gasteiger partial charge < -0.3 is 0 Å². The second kappa shape index (κ2) is 9.48. The van der Waals surface area contributed by atoms with E-state index in [9.17, 15) is 0 Å². The molecule has 0 aromatic carbocycles. The van der Waals surface area contributed by atoms with Gasteiger partial charge in [0, 0.05) is 16.8 Å². The minimum Gasteiger partial charge on any atom is -0.275 e. The van der Waals surface area contributed by atoms with Crippen LogP contribution in [0, 0.1) is 26.2 Å². The molecule has 0 radical (unpaired) electrons. The summed E-state index contributed by atoms with van der Waals surface area (Å²) in [5, 5.41) is 0. The highest BCUT2D eigenvalue weighted by atomic mass is 16.7. The molecule has 0 aliphatic carbocycles. The predicted octanol–water partition coefficient (Wildman–Crippen LogP) is 4.11. The van der Waals surface area contributed by atoms with Crippen LogP contribution in [0.2, 0.25) is 0 Å². The Kier molecular flexibility index (Phi) is 7.31. The Bertz CT molecular complexity index is 826. The van der Waals surface area contributed by atoms with Gasteiger partial charge in [-0.3, -0.25) is 30.6 Å². The highest BCUT2D eigenvalue weighted by Gasteiger charge is 2.20. The van der Waals surface area contributed by atoms with Crippen LogP contribution in [-0.2, 0) is 9.68 Å². The third-order valence-electron chi connectivity index (χ3n) is 3.92. The summed E-state index contributed by atoms with van der Waals surface area (Å²) in [5.41, 5.74) is 11.3. The maximum absolute atomic E-state index is 5.62. The second-order valence-corrected chi connectivity index (χ2v) is 7.74. The number of aromatic nitrogens is 2. The van der Waals surface area contributed by atoms with Crippen molar-refractivity contribution in [1.82, 2.24) is 20.9 Å². The van der Waals surface area contributed by atoms with E-state index in [1.165, 1.54) is 0 Å². The van der Waals surface area contributed by atoms with E-state index in [2.05, 4.69) is 34.1 Å². The highest BCUT2D eigenvalue weighted by Crippen LogP contribution is 2.17. The predicted molar refractivity (Wildman–Crippen MR) is 113 cm³/mol. The average Bonchev–Trinajstić information content (AvgIpc) is 2.60. The lowest BCUT2D eigenvalue weighted by Crippen LogP contribution is -2.31. The Hall–Kier alpha value is -2.70. The lowest BCUT2D eigenvalue weighted by molar-refractivity contribution is -0.0435. The van der Waals surface area contributed by atoms with Gasteiger partial charge in [-0.25, -0.2) is 0 Å². The van der Waals surface area contributed by atoms with Crippen LogP contribution in [0.5, 0.6) is 0 Å². The number of nitrogens with one attached hydrogen (secondary N) is 2. The lowest BCUT2D eigenvalue weighted by atomic mass is 9.97. The van der Waals surface area contributed by atoms with Gasteiger partial charge in [-0.05, 0) is 50.6 Å². The molecule has 2 N–H and O–H groups in total. The van der Waals surface area contributed by atoms with Crippen molar-refractivity contribution in [3.8, 4) is 0 Å². The SMILES string of the molecule is C=C(NOCC(C)(C)CONC(=C)c1cc(C)cc(C)n1)c1cccc(C)n1. The number of aryl methyl sites for hydroxylation is 3. The number of hydrogen-bond acceptors (Lipinski definition) is 6. The topological polar surface area (TPSA) is 68.3 Å². The zero-order valence-corrected chi connectivity index (χ0v) is 17.4. The minimum atomic E-state index is -0.240.